The van der Waals surface area contributed by atoms with E-state index in [1.54, 1.807) is 12.1 Å². The Morgan fingerprint density at radius 1 is 1.36 bits per heavy atom. The van der Waals surface area contributed by atoms with E-state index < -0.39 is 10.0 Å². The van der Waals surface area contributed by atoms with Gasteiger partial charge in [-0.2, -0.15) is 0 Å². The Hall–Kier alpha value is -1.44. The van der Waals surface area contributed by atoms with Crippen LogP contribution in [0.4, 0.5) is 5.69 Å². The zero-order valence-corrected chi connectivity index (χ0v) is 15.4. The molecule has 6 nitrogen and oxygen atoms in total. The maximum atomic E-state index is 13.5. The third-order valence-corrected chi connectivity index (χ3v) is 7.65. The van der Waals surface area contributed by atoms with Crippen molar-refractivity contribution in [1.82, 2.24) is 10.0 Å². The van der Waals surface area contributed by atoms with Gasteiger partial charge in [-0.15, -0.1) is 0 Å². The molecule has 3 aliphatic rings. The molecule has 2 heterocycles. The van der Waals surface area contributed by atoms with Crippen LogP contribution in [-0.4, -0.2) is 41.0 Å². The van der Waals surface area contributed by atoms with Crippen molar-refractivity contribution in [3.05, 3.63) is 23.8 Å². The average molecular weight is 363 g/mol. The Bertz CT molecular complexity index is 808. The number of hydrogen-bond acceptors (Lipinski definition) is 4. The molecule has 2 aliphatic heterocycles. The number of anilines is 1. The van der Waals surface area contributed by atoms with Gasteiger partial charge in [0.05, 0.1) is 10.3 Å². The number of amides is 1. The van der Waals surface area contributed by atoms with Crippen LogP contribution < -0.4 is 14.9 Å². The fraction of sp³-hybridized carbons (Fsp3) is 0.611. The molecule has 0 radical (unpaired) electrons. The lowest BCUT2D eigenvalue weighted by atomic mass is 9.67. The standard InChI is InChI=1S/C18H25N3O3S/c1-19-25(23,24)15-6-5-13-7-9-21(16(13)10-15)17(22)18-8-3-2-4-14(18)11-20-12-18/h5-6,10,14,19-20H,2-4,7-9,11-12H2,1H3/t14-,18+/m0/s1. The van der Waals surface area contributed by atoms with Crippen molar-refractivity contribution in [1.29, 1.82) is 0 Å². The van der Waals surface area contributed by atoms with E-state index in [4.69, 9.17) is 0 Å². The first-order valence-corrected chi connectivity index (χ1v) is 10.6. The van der Waals surface area contributed by atoms with E-state index in [9.17, 15) is 13.2 Å². The van der Waals surface area contributed by atoms with Crippen molar-refractivity contribution in [3.8, 4) is 0 Å². The lowest BCUT2D eigenvalue weighted by Gasteiger charge is -2.40. The molecule has 2 N–H and O–H groups in total. The molecule has 0 unspecified atom stereocenters. The van der Waals surface area contributed by atoms with Crippen LogP contribution in [0.2, 0.25) is 0 Å². The summed E-state index contributed by atoms with van der Waals surface area (Å²) in [7, 11) is -2.11. The van der Waals surface area contributed by atoms with Gasteiger partial charge in [0, 0.05) is 18.8 Å². The second-order valence-electron chi connectivity index (χ2n) is 7.43. The van der Waals surface area contributed by atoms with Gasteiger partial charge >= 0.3 is 0 Å². The van der Waals surface area contributed by atoms with Crippen LogP contribution in [0.25, 0.3) is 0 Å². The molecule has 1 amide bonds. The third kappa shape index (κ3) is 2.60. The number of nitrogens with zero attached hydrogens (tertiary/aromatic N) is 1. The highest BCUT2D eigenvalue weighted by molar-refractivity contribution is 7.89. The molecular weight excluding hydrogens is 338 g/mol. The van der Waals surface area contributed by atoms with Gasteiger partial charge in [0.2, 0.25) is 15.9 Å². The second-order valence-corrected chi connectivity index (χ2v) is 9.32. The predicted molar refractivity (Wildman–Crippen MR) is 96.0 cm³/mol. The van der Waals surface area contributed by atoms with Gasteiger partial charge in [-0.3, -0.25) is 4.79 Å². The van der Waals surface area contributed by atoms with E-state index in [0.29, 0.717) is 12.5 Å². The summed E-state index contributed by atoms with van der Waals surface area (Å²) in [5.41, 5.74) is 1.52. The highest BCUT2D eigenvalue weighted by atomic mass is 32.2. The van der Waals surface area contributed by atoms with Crippen LogP contribution in [0.5, 0.6) is 0 Å². The number of carbonyl (C=O) groups is 1. The molecule has 1 saturated carbocycles. The minimum absolute atomic E-state index is 0.181. The van der Waals surface area contributed by atoms with Crippen molar-refractivity contribution >= 4 is 21.6 Å². The van der Waals surface area contributed by atoms with Crippen molar-refractivity contribution in [3.63, 3.8) is 0 Å². The van der Waals surface area contributed by atoms with Gasteiger partial charge in [-0.1, -0.05) is 18.9 Å². The van der Waals surface area contributed by atoms with Crippen LogP contribution in [0, 0.1) is 11.3 Å². The van der Waals surface area contributed by atoms with Crippen molar-refractivity contribution in [2.45, 2.75) is 37.0 Å². The molecule has 1 aromatic carbocycles. The minimum Gasteiger partial charge on any atom is -0.315 e. The quantitative estimate of drug-likeness (QED) is 0.848. The Labute approximate surface area is 149 Å². The molecular formula is C18H25N3O3S. The number of nitrogens with one attached hydrogen (secondary N) is 2. The number of carbonyl (C=O) groups excluding carboxylic acids is 1. The third-order valence-electron chi connectivity index (χ3n) is 6.24. The van der Waals surface area contributed by atoms with Gasteiger partial charge in [-0.25, -0.2) is 13.1 Å². The molecule has 25 heavy (non-hydrogen) atoms. The van der Waals surface area contributed by atoms with E-state index >= 15 is 0 Å². The van der Waals surface area contributed by atoms with Crippen LogP contribution in [0.3, 0.4) is 0 Å². The summed E-state index contributed by atoms with van der Waals surface area (Å²) in [6, 6.07) is 5.12. The molecule has 136 valence electrons. The lowest BCUT2D eigenvalue weighted by molar-refractivity contribution is -0.131. The van der Waals surface area contributed by atoms with Gasteiger partial charge < -0.3 is 10.2 Å². The number of sulfonamides is 1. The van der Waals surface area contributed by atoms with Crippen molar-refractivity contribution < 1.29 is 13.2 Å². The topological polar surface area (TPSA) is 78.5 Å². The van der Waals surface area contributed by atoms with Gasteiger partial charge in [0.1, 0.15) is 0 Å². The summed E-state index contributed by atoms with van der Waals surface area (Å²) in [5.74, 6) is 0.585. The van der Waals surface area contributed by atoms with E-state index in [-0.39, 0.29) is 16.2 Å². The zero-order chi connectivity index (χ0) is 17.7. The van der Waals surface area contributed by atoms with E-state index in [1.165, 1.54) is 13.5 Å². The second kappa shape index (κ2) is 6.07. The Balaban J connectivity index is 1.70. The molecule has 1 aliphatic carbocycles. The maximum absolute atomic E-state index is 13.5. The van der Waals surface area contributed by atoms with Crippen molar-refractivity contribution in [2.24, 2.45) is 11.3 Å². The van der Waals surface area contributed by atoms with E-state index in [1.807, 2.05) is 11.0 Å². The predicted octanol–water partition coefficient (Wildman–Crippen LogP) is 1.26. The minimum atomic E-state index is -3.51. The summed E-state index contributed by atoms with van der Waals surface area (Å²) >= 11 is 0. The summed E-state index contributed by atoms with van der Waals surface area (Å²) in [4.78, 5) is 15.6. The maximum Gasteiger partial charge on any atom is 0.240 e. The molecule has 2 atom stereocenters. The SMILES string of the molecule is CNS(=O)(=O)c1ccc2c(c1)N(C(=O)[C@@]13CCCC[C@H]1CNC3)CC2. The molecule has 4 rings (SSSR count). The molecule has 0 aromatic heterocycles. The van der Waals surface area contributed by atoms with Gasteiger partial charge in [-0.05, 0) is 56.5 Å². The lowest BCUT2D eigenvalue weighted by Crippen LogP contribution is -2.49. The fourth-order valence-electron chi connectivity index (χ4n) is 4.79. The zero-order valence-electron chi connectivity index (χ0n) is 14.5. The molecule has 1 aromatic rings. The smallest absolute Gasteiger partial charge is 0.240 e. The summed E-state index contributed by atoms with van der Waals surface area (Å²) in [6.45, 7) is 2.31. The first-order chi connectivity index (χ1) is 12.0. The first kappa shape index (κ1) is 17.0. The van der Waals surface area contributed by atoms with E-state index in [0.717, 1.165) is 50.0 Å². The number of hydrogen-bond donors (Lipinski definition) is 2. The van der Waals surface area contributed by atoms with Crippen LogP contribution >= 0.6 is 0 Å². The van der Waals surface area contributed by atoms with Crippen LogP contribution in [-0.2, 0) is 21.2 Å². The van der Waals surface area contributed by atoms with Gasteiger partial charge in [0.15, 0.2) is 0 Å². The van der Waals surface area contributed by atoms with Crippen LogP contribution in [0.1, 0.15) is 31.2 Å². The molecule has 0 bridgehead atoms. The van der Waals surface area contributed by atoms with Gasteiger partial charge in [0.25, 0.3) is 0 Å². The van der Waals surface area contributed by atoms with Crippen molar-refractivity contribution in [2.75, 3.05) is 31.6 Å². The summed E-state index contributed by atoms with van der Waals surface area (Å²) in [6.07, 6.45) is 5.12. The average Bonchev–Trinajstić information content (AvgIpc) is 3.25. The largest absolute Gasteiger partial charge is 0.315 e. The first-order valence-electron chi connectivity index (χ1n) is 9.07. The highest BCUT2D eigenvalue weighted by Gasteiger charge is 2.52. The number of fused-ring (bicyclic) bond motifs is 2. The molecule has 7 heteroatoms. The Morgan fingerprint density at radius 2 is 2.20 bits per heavy atom. The highest BCUT2D eigenvalue weighted by Crippen LogP contribution is 2.46. The number of benzene rings is 1. The fourth-order valence-corrected chi connectivity index (χ4v) is 5.54. The summed E-state index contributed by atoms with van der Waals surface area (Å²) < 4.78 is 26.6. The normalized spacial score (nSPS) is 28.7. The molecule has 2 fully saturated rings. The summed E-state index contributed by atoms with van der Waals surface area (Å²) in [5, 5.41) is 3.42. The molecule has 0 spiro atoms. The monoisotopic (exact) mass is 363 g/mol. The number of rotatable bonds is 3. The Kier molecular flexibility index (Phi) is 4.13. The molecule has 1 saturated heterocycles. The van der Waals surface area contributed by atoms with E-state index in [2.05, 4.69) is 10.0 Å². The Morgan fingerprint density at radius 3 is 3.00 bits per heavy atom. The van der Waals surface area contributed by atoms with Crippen LogP contribution in [0.15, 0.2) is 23.1 Å².